The molecule has 0 atom stereocenters. The number of thiazole rings is 1. The summed E-state index contributed by atoms with van der Waals surface area (Å²) in [7, 11) is 0. The summed E-state index contributed by atoms with van der Waals surface area (Å²) in [6.45, 7) is 6.48. The molecule has 0 fully saturated rings. The summed E-state index contributed by atoms with van der Waals surface area (Å²) in [5, 5.41) is 2.99. The molecule has 1 aromatic heterocycles. The zero-order chi connectivity index (χ0) is 14.0. The molecule has 0 radical (unpaired) electrons. The summed E-state index contributed by atoms with van der Waals surface area (Å²) in [5.41, 5.74) is 2.93. The van der Waals surface area contributed by atoms with E-state index in [-0.39, 0.29) is 10.5 Å². The van der Waals surface area contributed by atoms with E-state index in [1.165, 1.54) is 0 Å². The molecule has 0 saturated carbocycles. The van der Waals surface area contributed by atoms with E-state index in [9.17, 15) is 4.79 Å². The normalized spacial score (nSPS) is 11.6. The predicted octanol–water partition coefficient (Wildman–Crippen LogP) is 4.10. The third kappa shape index (κ3) is 3.67. The van der Waals surface area contributed by atoms with Crippen molar-refractivity contribution < 1.29 is 4.79 Å². The first-order chi connectivity index (χ1) is 8.86. The molecular weight excluding hydrogens is 274 g/mol. The zero-order valence-corrected chi connectivity index (χ0v) is 13.0. The summed E-state index contributed by atoms with van der Waals surface area (Å²) >= 11 is 5.52. The fraction of sp³-hybridized carbons (Fsp3) is 0.333. The molecule has 1 heterocycles. The third-order valence-corrected chi connectivity index (χ3v) is 3.96. The van der Waals surface area contributed by atoms with Gasteiger partial charge in [0, 0.05) is 22.8 Å². The number of rotatable bonds is 3. The van der Waals surface area contributed by atoms with Crippen molar-refractivity contribution in [2.45, 2.75) is 32.6 Å². The number of nitrogens with zero attached hydrogens (tertiary/aromatic N) is 1. The molecular formula is C15H17NOS2. The van der Waals surface area contributed by atoms with Crippen molar-refractivity contribution in [1.82, 2.24) is 4.98 Å². The lowest BCUT2D eigenvalue weighted by molar-refractivity contribution is 0.109. The van der Waals surface area contributed by atoms with E-state index < -0.39 is 0 Å². The van der Waals surface area contributed by atoms with Crippen LogP contribution in [-0.2, 0) is 11.8 Å². The second-order valence-electron chi connectivity index (χ2n) is 5.56. The Balaban J connectivity index is 2.19. The van der Waals surface area contributed by atoms with Gasteiger partial charge in [0.25, 0.3) is 0 Å². The van der Waals surface area contributed by atoms with E-state index in [0.29, 0.717) is 5.56 Å². The van der Waals surface area contributed by atoms with Crippen molar-refractivity contribution in [2.75, 3.05) is 0 Å². The molecule has 0 saturated heterocycles. The van der Waals surface area contributed by atoms with Gasteiger partial charge in [-0.25, -0.2) is 4.98 Å². The van der Waals surface area contributed by atoms with Crippen molar-refractivity contribution in [3.8, 4) is 0 Å². The predicted molar refractivity (Wildman–Crippen MR) is 83.4 cm³/mol. The van der Waals surface area contributed by atoms with Crippen LogP contribution in [0, 0.1) is 0 Å². The number of carbonyl (C=O) groups is 1. The Bertz CT molecular complexity index is 596. The molecule has 0 bridgehead atoms. The van der Waals surface area contributed by atoms with Crippen LogP contribution in [0.15, 0.2) is 29.6 Å². The molecule has 0 N–H and O–H groups in total. The lowest BCUT2D eigenvalue weighted by atomic mass is 9.93. The zero-order valence-electron chi connectivity index (χ0n) is 11.3. The Morgan fingerprint density at radius 1 is 1.37 bits per heavy atom. The SMILES string of the molecule is CC(C)(C)c1csc(Cc2cccc(C(=O)S)c2)n1. The second kappa shape index (κ2) is 5.47. The van der Waals surface area contributed by atoms with Gasteiger partial charge < -0.3 is 0 Å². The minimum Gasteiger partial charge on any atom is -0.282 e. The molecule has 0 amide bonds. The minimum atomic E-state index is -0.198. The number of benzene rings is 1. The molecule has 19 heavy (non-hydrogen) atoms. The molecule has 0 aliphatic rings. The smallest absolute Gasteiger partial charge is 0.216 e. The summed E-state index contributed by atoms with van der Waals surface area (Å²) < 4.78 is 0. The molecule has 4 heteroatoms. The van der Waals surface area contributed by atoms with Crippen molar-refractivity contribution in [2.24, 2.45) is 0 Å². The van der Waals surface area contributed by atoms with E-state index in [1.54, 1.807) is 17.4 Å². The molecule has 2 rings (SSSR count). The topological polar surface area (TPSA) is 30.0 Å². The fourth-order valence-electron chi connectivity index (χ4n) is 1.73. The first-order valence-corrected chi connectivity index (χ1v) is 7.46. The Kier molecular flexibility index (Phi) is 4.11. The molecule has 1 aromatic carbocycles. The van der Waals surface area contributed by atoms with E-state index in [0.717, 1.165) is 22.7 Å². The molecule has 0 aliphatic carbocycles. The third-order valence-electron chi connectivity index (χ3n) is 2.85. The van der Waals surface area contributed by atoms with Gasteiger partial charge in [-0.15, -0.1) is 24.0 Å². The number of hydrogen-bond acceptors (Lipinski definition) is 3. The number of aromatic nitrogens is 1. The highest BCUT2D eigenvalue weighted by Gasteiger charge is 2.17. The second-order valence-corrected chi connectivity index (χ2v) is 6.91. The Labute approximate surface area is 123 Å². The Hall–Kier alpha value is -1.13. The summed E-state index contributed by atoms with van der Waals surface area (Å²) in [4.78, 5) is 15.9. The quantitative estimate of drug-likeness (QED) is 0.863. The van der Waals surface area contributed by atoms with E-state index >= 15 is 0 Å². The van der Waals surface area contributed by atoms with Crippen LogP contribution in [0.2, 0.25) is 0 Å². The van der Waals surface area contributed by atoms with Gasteiger partial charge in [0.05, 0.1) is 10.7 Å². The van der Waals surface area contributed by atoms with Gasteiger partial charge in [0.15, 0.2) is 0 Å². The fourth-order valence-corrected chi connectivity index (χ4v) is 2.92. The molecule has 0 spiro atoms. The minimum absolute atomic E-state index is 0.0810. The van der Waals surface area contributed by atoms with Gasteiger partial charge in [-0.3, -0.25) is 4.79 Å². The maximum absolute atomic E-state index is 11.2. The average Bonchev–Trinajstić information content (AvgIpc) is 2.77. The lowest BCUT2D eigenvalue weighted by Crippen LogP contribution is -2.11. The highest BCUT2D eigenvalue weighted by Crippen LogP contribution is 2.25. The van der Waals surface area contributed by atoms with Crippen LogP contribution in [-0.4, -0.2) is 10.1 Å². The van der Waals surface area contributed by atoms with E-state index in [4.69, 9.17) is 0 Å². The molecule has 2 nitrogen and oxygen atoms in total. The Morgan fingerprint density at radius 3 is 2.68 bits per heavy atom. The van der Waals surface area contributed by atoms with Gasteiger partial charge in [0.2, 0.25) is 5.12 Å². The highest BCUT2D eigenvalue weighted by molar-refractivity contribution is 7.97. The van der Waals surface area contributed by atoms with Gasteiger partial charge in [-0.1, -0.05) is 39.0 Å². The largest absolute Gasteiger partial charge is 0.282 e. The number of hydrogen-bond donors (Lipinski definition) is 1. The van der Waals surface area contributed by atoms with Gasteiger partial charge in [-0.2, -0.15) is 0 Å². The molecule has 100 valence electrons. The van der Waals surface area contributed by atoms with Gasteiger partial charge in [-0.05, 0) is 11.6 Å². The average molecular weight is 291 g/mol. The van der Waals surface area contributed by atoms with Crippen molar-refractivity contribution in [3.05, 3.63) is 51.5 Å². The van der Waals surface area contributed by atoms with Crippen LogP contribution >= 0.6 is 24.0 Å². The van der Waals surface area contributed by atoms with Gasteiger partial charge in [0.1, 0.15) is 0 Å². The summed E-state index contributed by atoms with van der Waals surface area (Å²) in [6, 6.07) is 7.56. The van der Waals surface area contributed by atoms with Crippen LogP contribution in [0.5, 0.6) is 0 Å². The monoisotopic (exact) mass is 291 g/mol. The maximum atomic E-state index is 11.2. The summed E-state index contributed by atoms with van der Waals surface area (Å²) in [5.74, 6) is 0. The van der Waals surface area contributed by atoms with E-state index in [2.05, 4.69) is 43.8 Å². The van der Waals surface area contributed by atoms with Gasteiger partial charge >= 0.3 is 0 Å². The first kappa shape index (κ1) is 14.3. The molecule has 0 aliphatic heterocycles. The van der Waals surface area contributed by atoms with Crippen LogP contribution < -0.4 is 0 Å². The number of thiol groups is 1. The first-order valence-electron chi connectivity index (χ1n) is 6.13. The maximum Gasteiger partial charge on any atom is 0.216 e. The number of carbonyl (C=O) groups excluding carboxylic acids is 1. The Morgan fingerprint density at radius 2 is 2.11 bits per heavy atom. The highest BCUT2D eigenvalue weighted by atomic mass is 32.1. The van der Waals surface area contributed by atoms with Crippen molar-refractivity contribution in [3.63, 3.8) is 0 Å². The molecule has 0 unspecified atom stereocenters. The van der Waals surface area contributed by atoms with Crippen LogP contribution in [0.3, 0.4) is 0 Å². The lowest BCUT2D eigenvalue weighted by Gasteiger charge is -2.14. The van der Waals surface area contributed by atoms with Crippen LogP contribution in [0.1, 0.15) is 47.4 Å². The molecule has 2 aromatic rings. The van der Waals surface area contributed by atoms with Crippen LogP contribution in [0.25, 0.3) is 0 Å². The summed E-state index contributed by atoms with van der Waals surface area (Å²) in [6.07, 6.45) is 0.760. The standard InChI is InChI=1S/C15H17NOS2/c1-15(2,3)12-9-19-13(16-12)8-10-5-4-6-11(7-10)14(17)18/h4-7,9H,8H2,1-3H3,(H,17,18). The van der Waals surface area contributed by atoms with Crippen LogP contribution in [0.4, 0.5) is 0 Å². The van der Waals surface area contributed by atoms with E-state index in [1.807, 2.05) is 18.2 Å². The van der Waals surface area contributed by atoms with Crippen molar-refractivity contribution in [1.29, 1.82) is 0 Å². The van der Waals surface area contributed by atoms with Crippen molar-refractivity contribution >= 4 is 29.1 Å².